The van der Waals surface area contributed by atoms with E-state index in [9.17, 15) is 9.59 Å². The minimum atomic E-state index is -0.956. The van der Waals surface area contributed by atoms with Crippen LogP contribution in [0.1, 0.15) is 37.4 Å². The summed E-state index contributed by atoms with van der Waals surface area (Å²) in [6, 6.07) is 19.2. The molecule has 0 spiro atoms. The summed E-state index contributed by atoms with van der Waals surface area (Å²) in [6.07, 6.45) is 0. The molecule has 0 radical (unpaired) electrons. The molecule has 1 amide bonds. The topological polar surface area (TPSA) is 75.6 Å². The fourth-order valence-electron chi connectivity index (χ4n) is 2.69. The number of rotatable bonds is 6. The fourth-order valence-corrected chi connectivity index (χ4v) is 2.69. The number of amides is 1. The molecule has 2 N–H and O–H groups in total. The van der Waals surface area contributed by atoms with Gasteiger partial charge in [-0.25, -0.2) is 4.79 Å². The van der Waals surface area contributed by atoms with Gasteiger partial charge in [0, 0.05) is 11.3 Å². The average molecular weight is 375 g/mol. The smallest absolute Gasteiger partial charge is 0.335 e. The number of aromatic carboxylic acids is 1. The Kier molecular flexibility index (Phi) is 5.75. The van der Waals surface area contributed by atoms with Crippen LogP contribution < -0.4 is 10.1 Å². The number of aryl methyl sites for hydroxylation is 1. The lowest BCUT2D eigenvalue weighted by atomic mass is 10.1. The summed E-state index contributed by atoms with van der Waals surface area (Å²) in [5.41, 5.74) is 4.61. The van der Waals surface area contributed by atoms with E-state index in [4.69, 9.17) is 9.84 Å². The third-order valence-electron chi connectivity index (χ3n) is 4.58. The summed E-state index contributed by atoms with van der Waals surface area (Å²) in [5.74, 6) is -0.503. The van der Waals surface area contributed by atoms with Crippen LogP contribution in [0.4, 0.5) is 5.69 Å². The van der Waals surface area contributed by atoms with Crippen molar-refractivity contribution < 1.29 is 19.4 Å². The standard InChI is InChI=1S/C23H21NO4/c1-15-4-3-5-21(16(15)2)24-22(25)18-10-12-20(13-11-18)28-14-17-6-8-19(9-7-17)23(26)27/h3-13H,14H2,1-2H3,(H,24,25)(H,26,27). The normalized spacial score (nSPS) is 10.4. The van der Waals surface area contributed by atoms with Gasteiger partial charge in [0.1, 0.15) is 12.4 Å². The fraction of sp³-hybridized carbons (Fsp3) is 0.130. The van der Waals surface area contributed by atoms with Crippen LogP contribution in [0.5, 0.6) is 5.75 Å². The number of carbonyl (C=O) groups excluding carboxylic acids is 1. The Bertz CT molecular complexity index is 992. The van der Waals surface area contributed by atoms with E-state index in [0.717, 1.165) is 22.4 Å². The molecule has 0 saturated heterocycles. The van der Waals surface area contributed by atoms with E-state index in [-0.39, 0.29) is 11.5 Å². The highest BCUT2D eigenvalue weighted by molar-refractivity contribution is 6.04. The van der Waals surface area contributed by atoms with Gasteiger partial charge in [-0.2, -0.15) is 0 Å². The molecule has 3 aromatic carbocycles. The van der Waals surface area contributed by atoms with Crippen LogP contribution in [0, 0.1) is 13.8 Å². The molecule has 3 rings (SSSR count). The number of carboxylic acids is 1. The van der Waals surface area contributed by atoms with Crippen LogP contribution in [0.15, 0.2) is 66.7 Å². The highest BCUT2D eigenvalue weighted by Gasteiger charge is 2.09. The summed E-state index contributed by atoms with van der Waals surface area (Å²) in [6.45, 7) is 4.30. The summed E-state index contributed by atoms with van der Waals surface area (Å²) < 4.78 is 5.70. The maximum Gasteiger partial charge on any atom is 0.335 e. The third kappa shape index (κ3) is 4.57. The molecule has 5 nitrogen and oxygen atoms in total. The van der Waals surface area contributed by atoms with E-state index >= 15 is 0 Å². The summed E-state index contributed by atoms with van der Waals surface area (Å²) in [7, 11) is 0. The largest absolute Gasteiger partial charge is 0.489 e. The number of hydrogen-bond donors (Lipinski definition) is 2. The molecular formula is C23H21NO4. The van der Waals surface area contributed by atoms with Gasteiger partial charge in [-0.15, -0.1) is 0 Å². The van der Waals surface area contributed by atoms with E-state index < -0.39 is 5.97 Å². The highest BCUT2D eigenvalue weighted by Crippen LogP contribution is 2.20. The van der Waals surface area contributed by atoms with Crippen molar-refractivity contribution in [1.29, 1.82) is 0 Å². The second-order valence-corrected chi connectivity index (χ2v) is 6.52. The molecule has 0 aromatic heterocycles. The van der Waals surface area contributed by atoms with Gasteiger partial charge in [0.05, 0.1) is 5.56 Å². The monoisotopic (exact) mass is 375 g/mol. The van der Waals surface area contributed by atoms with Crippen molar-refractivity contribution in [1.82, 2.24) is 0 Å². The van der Waals surface area contributed by atoms with Crippen molar-refractivity contribution in [3.05, 3.63) is 94.5 Å². The Morgan fingerprint density at radius 1 is 0.893 bits per heavy atom. The van der Waals surface area contributed by atoms with E-state index in [0.29, 0.717) is 17.9 Å². The molecular weight excluding hydrogens is 354 g/mol. The second-order valence-electron chi connectivity index (χ2n) is 6.52. The molecule has 0 unspecified atom stereocenters. The zero-order valence-corrected chi connectivity index (χ0v) is 15.7. The molecule has 0 heterocycles. The quantitative estimate of drug-likeness (QED) is 0.647. The first-order valence-electron chi connectivity index (χ1n) is 8.86. The van der Waals surface area contributed by atoms with Gasteiger partial charge < -0.3 is 15.2 Å². The Morgan fingerprint density at radius 3 is 2.18 bits per heavy atom. The van der Waals surface area contributed by atoms with Gasteiger partial charge in [0.15, 0.2) is 0 Å². The lowest BCUT2D eigenvalue weighted by molar-refractivity contribution is 0.0696. The van der Waals surface area contributed by atoms with E-state index in [1.54, 1.807) is 48.5 Å². The van der Waals surface area contributed by atoms with Crippen LogP contribution in [0.3, 0.4) is 0 Å². The molecule has 0 fully saturated rings. The summed E-state index contributed by atoms with van der Waals surface area (Å²) in [4.78, 5) is 23.3. The predicted molar refractivity (Wildman–Crippen MR) is 108 cm³/mol. The van der Waals surface area contributed by atoms with E-state index in [1.807, 2.05) is 32.0 Å². The summed E-state index contributed by atoms with van der Waals surface area (Å²) >= 11 is 0. The Balaban J connectivity index is 1.60. The number of carbonyl (C=O) groups is 2. The van der Waals surface area contributed by atoms with Crippen molar-refractivity contribution in [2.24, 2.45) is 0 Å². The number of carboxylic acid groups (broad SMARTS) is 1. The molecule has 142 valence electrons. The first-order valence-corrected chi connectivity index (χ1v) is 8.86. The van der Waals surface area contributed by atoms with Crippen LogP contribution >= 0.6 is 0 Å². The van der Waals surface area contributed by atoms with Gasteiger partial charge in [0.2, 0.25) is 0 Å². The number of ether oxygens (including phenoxy) is 1. The molecule has 0 aliphatic heterocycles. The van der Waals surface area contributed by atoms with Gasteiger partial charge in [-0.3, -0.25) is 4.79 Å². The minimum absolute atomic E-state index is 0.176. The number of nitrogens with one attached hydrogen (secondary N) is 1. The zero-order valence-electron chi connectivity index (χ0n) is 15.7. The summed E-state index contributed by atoms with van der Waals surface area (Å²) in [5, 5.41) is 11.8. The van der Waals surface area contributed by atoms with Crippen molar-refractivity contribution in [3.8, 4) is 5.75 Å². The van der Waals surface area contributed by atoms with Crippen molar-refractivity contribution in [3.63, 3.8) is 0 Å². The van der Waals surface area contributed by atoms with Crippen LogP contribution in [0.2, 0.25) is 0 Å². The molecule has 0 bridgehead atoms. The van der Waals surface area contributed by atoms with Gasteiger partial charge in [0.25, 0.3) is 5.91 Å². The van der Waals surface area contributed by atoms with Crippen LogP contribution in [-0.2, 0) is 6.61 Å². The maximum atomic E-state index is 12.5. The Morgan fingerprint density at radius 2 is 1.54 bits per heavy atom. The van der Waals surface area contributed by atoms with Crippen LogP contribution in [-0.4, -0.2) is 17.0 Å². The van der Waals surface area contributed by atoms with Gasteiger partial charge in [-0.1, -0.05) is 24.3 Å². The predicted octanol–water partition coefficient (Wildman–Crippen LogP) is 4.83. The highest BCUT2D eigenvalue weighted by atomic mass is 16.5. The van der Waals surface area contributed by atoms with E-state index in [2.05, 4.69) is 5.32 Å². The van der Waals surface area contributed by atoms with Gasteiger partial charge >= 0.3 is 5.97 Å². The number of anilines is 1. The minimum Gasteiger partial charge on any atom is -0.489 e. The molecule has 5 heteroatoms. The third-order valence-corrected chi connectivity index (χ3v) is 4.58. The molecule has 28 heavy (non-hydrogen) atoms. The average Bonchev–Trinajstić information content (AvgIpc) is 2.70. The van der Waals surface area contributed by atoms with Crippen molar-refractivity contribution in [2.75, 3.05) is 5.32 Å². The molecule has 3 aromatic rings. The Hall–Kier alpha value is -3.60. The number of benzene rings is 3. The number of hydrogen-bond acceptors (Lipinski definition) is 3. The van der Waals surface area contributed by atoms with Crippen molar-refractivity contribution >= 4 is 17.6 Å². The van der Waals surface area contributed by atoms with Crippen LogP contribution in [0.25, 0.3) is 0 Å². The Labute approximate surface area is 163 Å². The molecule has 0 aliphatic carbocycles. The van der Waals surface area contributed by atoms with Gasteiger partial charge in [-0.05, 0) is 73.0 Å². The SMILES string of the molecule is Cc1cccc(NC(=O)c2ccc(OCc3ccc(C(=O)O)cc3)cc2)c1C. The van der Waals surface area contributed by atoms with E-state index in [1.165, 1.54) is 0 Å². The van der Waals surface area contributed by atoms with Crippen molar-refractivity contribution in [2.45, 2.75) is 20.5 Å². The molecule has 0 saturated carbocycles. The first kappa shape index (κ1) is 19.2. The lowest BCUT2D eigenvalue weighted by Gasteiger charge is -2.11. The maximum absolute atomic E-state index is 12.5. The lowest BCUT2D eigenvalue weighted by Crippen LogP contribution is -2.13. The first-order chi connectivity index (χ1) is 13.4. The second kappa shape index (κ2) is 8.39. The molecule has 0 aliphatic rings. The molecule has 0 atom stereocenters. The zero-order chi connectivity index (χ0) is 20.1.